The molecule has 16 heavy (non-hydrogen) atoms. The number of hydrogen-bond acceptors (Lipinski definition) is 4. The molecule has 0 aliphatic rings. The Kier molecular flexibility index (Phi) is 4.49. The van der Waals surface area contributed by atoms with E-state index in [0.29, 0.717) is 5.56 Å². The van der Waals surface area contributed by atoms with E-state index in [0.717, 1.165) is 12.1 Å². The minimum atomic E-state index is -0.372. The molecule has 0 heterocycles. The molecule has 84 valence electrons. The van der Waals surface area contributed by atoms with Gasteiger partial charge in [-0.15, -0.1) is 0 Å². The molecule has 1 aromatic carbocycles. The first-order chi connectivity index (χ1) is 7.72. The van der Waals surface area contributed by atoms with Crippen molar-refractivity contribution in [2.45, 2.75) is 13.0 Å². The average molecular weight is 218 g/mol. The third-order valence-corrected chi connectivity index (χ3v) is 2.20. The van der Waals surface area contributed by atoms with Crippen LogP contribution in [0, 0.1) is 11.3 Å². The lowest BCUT2D eigenvalue weighted by Gasteiger charge is -2.10. The van der Waals surface area contributed by atoms with Crippen LogP contribution in [0.2, 0.25) is 0 Å². The van der Waals surface area contributed by atoms with Crippen molar-refractivity contribution < 1.29 is 9.53 Å². The summed E-state index contributed by atoms with van der Waals surface area (Å²) in [7, 11) is 1.34. The summed E-state index contributed by atoms with van der Waals surface area (Å²) in [6.07, 6.45) is 0. The Balaban J connectivity index is 2.86. The van der Waals surface area contributed by atoms with Crippen LogP contribution in [-0.2, 0) is 4.74 Å². The third-order valence-electron chi connectivity index (χ3n) is 2.20. The zero-order valence-electron chi connectivity index (χ0n) is 9.36. The molecular formula is C12H14N2O2. The number of rotatable bonds is 4. The predicted molar refractivity (Wildman–Crippen MR) is 59.8 cm³/mol. The number of ether oxygens (including phenoxy) is 1. The number of carbonyl (C=O) groups excluding carboxylic acids is 1. The number of carbonyl (C=O) groups is 1. The van der Waals surface area contributed by atoms with E-state index in [9.17, 15) is 4.79 Å². The monoisotopic (exact) mass is 218 g/mol. The second-order valence-electron chi connectivity index (χ2n) is 3.23. The lowest BCUT2D eigenvalue weighted by atomic mass is 10.1. The van der Waals surface area contributed by atoms with Crippen LogP contribution in [0.3, 0.4) is 0 Å². The van der Waals surface area contributed by atoms with Gasteiger partial charge in [-0.25, -0.2) is 4.79 Å². The van der Waals surface area contributed by atoms with Crippen LogP contribution in [0.1, 0.15) is 28.9 Å². The number of hydrogen-bond donors (Lipinski definition) is 1. The first-order valence-electron chi connectivity index (χ1n) is 5.04. The quantitative estimate of drug-likeness (QED) is 0.780. The first kappa shape index (κ1) is 12.2. The SMILES string of the molecule is CCNC(C#N)c1ccc(C(=O)OC)cc1. The standard InChI is InChI=1S/C12H14N2O2/c1-3-14-11(8-13)9-4-6-10(7-5-9)12(15)16-2/h4-7,11,14H,3H2,1-2H3. The van der Waals surface area contributed by atoms with E-state index in [1.807, 2.05) is 6.92 Å². The highest BCUT2D eigenvalue weighted by atomic mass is 16.5. The Bertz CT molecular complexity index is 392. The molecule has 0 saturated carbocycles. The topological polar surface area (TPSA) is 62.1 Å². The van der Waals surface area contributed by atoms with Crippen LogP contribution >= 0.6 is 0 Å². The molecular weight excluding hydrogens is 204 g/mol. The maximum absolute atomic E-state index is 11.2. The summed E-state index contributed by atoms with van der Waals surface area (Å²) in [6.45, 7) is 2.66. The van der Waals surface area contributed by atoms with Crippen LogP contribution in [0.15, 0.2) is 24.3 Å². The van der Waals surface area contributed by atoms with Gasteiger partial charge in [-0.1, -0.05) is 19.1 Å². The van der Waals surface area contributed by atoms with Crippen molar-refractivity contribution in [2.24, 2.45) is 0 Å². The minimum Gasteiger partial charge on any atom is -0.465 e. The van der Waals surface area contributed by atoms with Gasteiger partial charge in [0, 0.05) is 0 Å². The molecule has 1 rings (SSSR count). The van der Waals surface area contributed by atoms with Gasteiger partial charge >= 0.3 is 5.97 Å². The molecule has 0 amide bonds. The maximum Gasteiger partial charge on any atom is 0.337 e. The highest BCUT2D eigenvalue weighted by molar-refractivity contribution is 5.89. The van der Waals surface area contributed by atoms with E-state index in [1.54, 1.807) is 24.3 Å². The van der Waals surface area contributed by atoms with Gasteiger partial charge in [-0.2, -0.15) is 5.26 Å². The Morgan fingerprint density at radius 2 is 2.12 bits per heavy atom. The van der Waals surface area contributed by atoms with Gasteiger partial charge in [0.2, 0.25) is 0 Å². The van der Waals surface area contributed by atoms with Crippen LogP contribution in [0.4, 0.5) is 0 Å². The van der Waals surface area contributed by atoms with Gasteiger partial charge in [0.25, 0.3) is 0 Å². The van der Waals surface area contributed by atoms with Gasteiger partial charge < -0.3 is 4.74 Å². The largest absolute Gasteiger partial charge is 0.465 e. The van der Waals surface area contributed by atoms with Crippen molar-refractivity contribution in [1.82, 2.24) is 5.32 Å². The molecule has 0 spiro atoms. The molecule has 4 nitrogen and oxygen atoms in total. The molecule has 4 heteroatoms. The molecule has 0 aliphatic carbocycles. The molecule has 1 N–H and O–H groups in total. The summed E-state index contributed by atoms with van der Waals surface area (Å²) in [6, 6.07) is 8.64. The summed E-state index contributed by atoms with van der Waals surface area (Å²) in [5.41, 5.74) is 1.33. The first-order valence-corrected chi connectivity index (χ1v) is 5.04. The van der Waals surface area contributed by atoms with Crippen LogP contribution in [0.5, 0.6) is 0 Å². The number of nitrogens with one attached hydrogen (secondary N) is 1. The van der Waals surface area contributed by atoms with Crippen LogP contribution in [0.25, 0.3) is 0 Å². The minimum absolute atomic E-state index is 0.336. The average Bonchev–Trinajstić information content (AvgIpc) is 2.35. The fourth-order valence-electron chi connectivity index (χ4n) is 1.37. The zero-order valence-corrected chi connectivity index (χ0v) is 9.36. The Morgan fingerprint density at radius 3 is 2.56 bits per heavy atom. The van der Waals surface area contributed by atoms with E-state index in [2.05, 4.69) is 16.1 Å². The fourth-order valence-corrected chi connectivity index (χ4v) is 1.37. The van der Waals surface area contributed by atoms with E-state index < -0.39 is 0 Å². The van der Waals surface area contributed by atoms with Crippen molar-refractivity contribution in [3.05, 3.63) is 35.4 Å². The Hall–Kier alpha value is -1.86. The molecule has 1 aromatic rings. The zero-order chi connectivity index (χ0) is 12.0. The van der Waals surface area contributed by atoms with Crippen molar-refractivity contribution in [2.75, 3.05) is 13.7 Å². The van der Waals surface area contributed by atoms with Crippen molar-refractivity contribution in [3.8, 4) is 6.07 Å². The van der Waals surface area contributed by atoms with Gasteiger partial charge in [-0.05, 0) is 24.2 Å². The van der Waals surface area contributed by atoms with Crippen molar-refractivity contribution in [1.29, 1.82) is 5.26 Å². The van der Waals surface area contributed by atoms with Gasteiger partial charge in [0.05, 0.1) is 18.7 Å². The molecule has 1 unspecified atom stereocenters. The lowest BCUT2D eigenvalue weighted by molar-refractivity contribution is 0.0600. The van der Waals surface area contributed by atoms with Crippen LogP contribution in [-0.4, -0.2) is 19.6 Å². The lowest BCUT2D eigenvalue weighted by Crippen LogP contribution is -2.19. The van der Waals surface area contributed by atoms with Gasteiger partial charge in [-0.3, -0.25) is 5.32 Å². The third kappa shape index (κ3) is 2.81. The second-order valence-corrected chi connectivity index (χ2v) is 3.23. The van der Waals surface area contributed by atoms with Gasteiger partial charge in [0.1, 0.15) is 6.04 Å². The number of esters is 1. The Labute approximate surface area is 94.8 Å². The molecule has 1 atom stereocenters. The summed E-state index contributed by atoms with van der Waals surface area (Å²) >= 11 is 0. The maximum atomic E-state index is 11.2. The Morgan fingerprint density at radius 1 is 1.50 bits per heavy atom. The number of benzene rings is 1. The predicted octanol–water partition coefficient (Wildman–Crippen LogP) is 1.65. The molecule has 0 saturated heterocycles. The molecule has 0 radical (unpaired) electrons. The summed E-state index contributed by atoms with van der Waals surface area (Å²) in [5, 5.41) is 12.0. The highest BCUT2D eigenvalue weighted by Crippen LogP contribution is 2.13. The van der Waals surface area contributed by atoms with E-state index in [-0.39, 0.29) is 12.0 Å². The number of nitrogens with zero attached hydrogens (tertiary/aromatic N) is 1. The van der Waals surface area contributed by atoms with E-state index in [1.165, 1.54) is 7.11 Å². The highest BCUT2D eigenvalue weighted by Gasteiger charge is 2.10. The summed E-state index contributed by atoms with van der Waals surface area (Å²) in [4.78, 5) is 11.2. The number of nitriles is 1. The van der Waals surface area contributed by atoms with E-state index >= 15 is 0 Å². The molecule has 0 aliphatic heterocycles. The summed E-state index contributed by atoms with van der Waals surface area (Å²) in [5.74, 6) is -0.372. The smallest absolute Gasteiger partial charge is 0.337 e. The molecule has 0 bridgehead atoms. The van der Waals surface area contributed by atoms with Crippen LogP contribution < -0.4 is 5.32 Å². The molecule has 0 fully saturated rings. The van der Waals surface area contributed by atoms with Crippen molar-refractivity contribution >= 4 is 5.97 Å². The second kappa shape index (κ2) is 5.89. The van der Waals surface area contributed by atoms with E-state index in [4.69, 9.17) is 5.26 Å². The number of methoxy groups -OCH3 is 1. The molecule has 0 aromatic heterocycles. The fraction of sp³-hybridized carbons (Fsp3) is 0.333. The normalized spacial score (nSPS) is 11.6. The van der Waals surface area contributed by atoms with Crippen molar-refractivity contribution in [3.63, 3.8) is 0 Å². The summed E-state index contributed by atoms with van der Waals surface area (Å²) < 4.78 is 4.59. The van der Waals surface area contributed by atoms with Gasteiger partial charge in [0.15, 0.2) is 0 Å².